The van der Waals surface area contributed by atoms with Crippen molar-refractivity contribution in [2.45, 2.75) is 18.7 Å². The summed E-state index contributed by atoms with van der Waals surface area (Å²) in [5.41, 5.74) is 0. The number of aryl methyl sites for hydroxylation is 2. The van der Waals surface area contributed by atoms with E-state index < -0.39 is 16.0 Å². The molecule has 2 aromatic rings. The van der Waals surface area contributed by atoms with Gasteiger partial charge in [0.2, 0.25) is 0 Å². The average molecular weight is 318 g/mol. The van der Waals surface area contributed by atoms with E-state index in [2.05, 4.69) is 9.71 Å². The van der Waals surface area contributed by atoms with Gasteiger partial charge in [-0.25, -0.2) is 18.2 Å². The lowest BCUT2D eigenvalue weighted by Crippen LogP contribution is -2.12. The van der Waals surface area contributed by atoms with Crippen LogP contribution in [0.1, 0.15) is 19.4 Å². The lowest BCUT2D eigenvalue weighted by atomic mass is 10.4. The number of carboxylic acid groups (broad SMARTS) is 1. The molecule has 0 unspecified atom stereocenters. The number of nitrogens with zero attached hydrogens (tertiary/aromatic N) is 1. The minimum Gasteiger partial charge on any atom is -0.477 e. The van der Waals surface area contributed by atoms with Crippen molar-refractivity contribution in [3.63, 3.8) is 0 Å². The summed E-state index contributed by atoms with van der Waals surface area (Å²) in [7, 11) is -3.80. The highest BCUT2D eigenvalue weighted by Gasteiger charge is 2.23. The number of hydrogen-bond acceptors (Lipinski definition) is 6. The summed E-state index contributed by atoms with van der Waals surface area (Å²) in [5, 5.41) is 9.13. The highest BCUT2D eigenvalue weighted by Crippen LogP contribution is 2.28. The van der Waals surface area contributed by atoms with Crippen LogP contribution in [0.4, 0.5) is 5.13 Å². The Hall–Kier alpha value is -1.45. The number of rotatable bonds is 4. The van der Waals surface area contributed by atoms with Crippen LogP contribution < -0.4 is 4.72 Å². The molecule has 0 spiro atoms. The molecule has 0 aliphatic carbocycles. The first-order chi connectivity index (χ1) is 8.79. The largest absolute Gasteiger partial charge is 0.477 e. The second kappa shape index (κ2) is 4.91. The molecule has 0 atom stereocenters. The first-order valence-electron chi connectivity index (χ1n) is 5.08. The number of carboxylic acids is 1. The van der Waals surface area contributed by atoms with Gasteiger partial charge in [0.05, 0.1) is 0 Å². The molecule has 2 N–H and O–H groups in total. The fraction of sp³-hybridized carbons (Fsp3) is 0.200. The number of thiazole rings is 1. The van der Waals surface area contributed by atoms with Crippen molar-refractivity contribution in [3.8, 4) is 0 Å². The molecular formula is C10H10N2O4S3. The molecule has 0 amide bonds. The number of thiophene rings is 1. The summed E-state index contributed by atoms with van der Waals surface area (Å²) in [4.78, 5) is 16.0. The van der Waals surface area contributed by atoms with Crippen LogP contribution >= 0.6 is 22.7 Å². The summed E-state index contributed by atoms with van der Waals surface area (Å²) in [6.07, 6.45) is 1.56. The van der Waals surface area contributed by atoms with Crippen LogP contribution in [0.3, 0.4) is 0 Å². The molecule has 9 heteroatoms. The summed E-state index contributed by atoms with van der Waals surface area (Å²) >= 11 is 2.14. The maximum absolute atomic E-state index is 12.1. The molecule has 0 aliphatic rings. The van der Waals surface area contributed by atoms with E-state index in [4.69, 9.17) is 5.11 Å². The van der Waals surface area contributed by atoms with Crippen molar-refractivity contribution in [1.29, 1.82) is 0 Å². The van der Waals surface area contributed by atoms with Gasteiger partial charge in [-0.05, 0) is 19.9 Å². The highest BCUT2D eigenvalue weighted by atomic mass is 32.2. The topological polar surface area (TPSA) is 96.4 Å². The van der Waals surface area contributed by atoms with Crippen LogP contribution in [0.15, 0.2) is 17.2 Å². The Kier molecular flexibility index (Phi) is 3.61. The van der Waals surface area contributed by atoms with Gasteiger partial charge in [0, 0.05) is 16.0 Å². The lowest BCUT2D eigenvalue weighted by molar-refractivity contribution is 0.0702. The molecule has 6 nitrogen and oxygen atoms in total. The SMILES string of the molecule is Cc1cnc(NS(=O)(=O)c2cc(C(=O)O)sc2C)s1. The molecule has 0 bridgehead atoms. The van der Waals surface area contributed by atoms with Gasteiger partial charge in [-0.1, -0.05) is 0 Å². The van der Waals surface area contributed by atoms with Crippen molar-refractivity contribution in [2.24, 2.45) is 0 Å². The third-order valence-electron chi connectivity index (χ3n) is 2.22. The number of anilines is 1. The van der Waals surface area contributed by atoms with Gasteiger partial charge in [-0.3, -0.25) is 4.72 Å². The third-order valence-corrected chi connectivity index (χ3v) is 5.81. The van der Waals surface area contributed by atoms with Crippen LogP contribution in [-0.4, -0.2) is 24.5 Å². The van der Waals surface area contributed by atoms with Crippen LogP contribution in [-0.2, 0) is 10.0 Å². The summed E-state index contributed by atoms with van der Waals surface area (Å²) in [6, 6.07) is 1.16. The van der Waals surface area contributed by atoms with Gasteiger partial charge >= 0.3 is 5.97 Å². The highest BCUT2D eigenvalue weighted by molar-refractivity contribution is 7.93. The minimum atomic E-state index is -3.80. The van der Waals surface area contributed by atoms with E-state index in [0.717, 1.165) is 22.3 Å². The molecule has 0 radical (unpaired) electrons. The molecule has 19 heavy (non-hydrogen) atoms. The molecule has 2 aromatic heterocycles. The van der Waals surface area contributed by atoms with E-state index in [1.54, 1.807) is 13.1 Å². The van der Waals surface area contributed by atoms with E-state index in [9.17, 15) is 13.2 Å². The van der Waals surface area contributed by atoms with Crippen molar-refractivity contribution in [3.05, 3.63) is 26.9 Å². The standard InChI is InChI=1S/C10H10N2O4S3/c1-5-4-11-10(17-5)12-19(15,16)8-3-7(9(13)14)18-6(8)2/h3-4H,1-2H3,(H,11,12)(H,13,14). The number of sulfonamides is 1. The molecular weight excluding hydrogens is 308 g/mol. The Morgan fingerprint density at radius 2 is 2.05 bits per heavy atom. The van der Waals surface area contributed by atoms with E-state index in [0.29, 0.717) is 4.88 Å². The van der Waals surface area contributed by atoms with Crippen molar-refractivity contribution >= 4 is 43.8 Å². The fourth-order valence-corrected chi connectivity index (χ4v) is 4.75. The van der Waals surface area contributed by atoms with Gasteiger partial charge in [0.25, 0.3) is 10.0 Å². The van der Waals surface area contributed by atoms with Crippen molar-refractivity contribution in [1.82, 2.24) is 4.98 Å². The number of carbonyl (C=O) groups is 1. The number of hydrogen-bond donors (Lipinski definition) is 2. The zero-order valence-corrected chi connectivity index (χ0v) is 12.4. The smallest absolute Gasteiger partial charge is 0.345 e. The lowest BCUT2D eigenvalue weighted by Gasteiger charge is -2.03. The van der Waals surface area contributed by atoms with Gasteiger partial charge in [-0.2, -0.15) is 0 Å². The number of nitrogens with one attached hydrogen (secondary N) is 1. The van der Waals surface area contributed by atoms with Gasteiger partial charge in [0.15, 0.2) is 5.13 Å². The van der Waals surface area contributed by atoms with Crippen molar-refractivity contribution < 1.29 is 18.3 Å². The molecule has 102 valence electrons. The zero-order valence-electron chi connectivity index (χ0n) is 10.00. The van der Waals surface area contributed by atoms with Gasteiger partial charge in [0.1, 0.15) is 9.77 Å². The average Bonchev–Trinajstić information content (AvgIpc) is 2.85. The minimum absolute atomic E-state index is 0.00630. The van der Waals surface area contributed by atoms with Crippen LogP contribution in [0.25, 0.3) is 0 Å². The predicted octanol–water partition coefficient (Wildman–Crippen LogP) is 2.32. The summed E-state index contributed by atoms with van der Waals surface area (Å²) in [6.45, 7) is 3.38. The quantitative estimate of drug-likeness (QED) is 0.902. The van der Waals surface area contributed by atoms with Crippen LogP contribution in [0.5, 0.6) is 0 Å². The number of aromatic carboxylic acids is 1. The second-order valence-electron chi connectivity index (χ2n) is 3.72. The molecule has 0 saturated heterocycles. The third kappa shape index (κ3) is 2.94. The first kappa shape index (κ1) is 14.0. The van der Waals surface area contributed by atoms with Crippen LogP contribution in [0.2, 0.25) is 0 Å². The Balaban J connectivity index is 2.37. The zero-order chi connectivity index (χ0) is 14.2. The molecule has 0 aromatic carbocycles. The molecule has 2 heterocycles. The fourth-order valence-electron chi connectivity index (χ4n) is 1.41. The Morgan fingerprint density at radius 3 is 2.53 bits per heavy atom. The monoisotopic (exact) mass is 318 g/mol. The van der Waals surface area contributed by atoms with E-state index >= 15 is 0 Å². The maximum atomic E-state index is 12.1. The summed E-state index contributed by atoms with van der Waals surface area (Å²) < 4.78 is 26.6. The van der Waals surface area contributed by atoms with Gasteiger partial charge < -0.3 is 5.11 Å². The molecule has 0 aliphatic heterocycles. The van der Waals surface area contributed by atoms with Crippen LogP contribution in [0, 0.1) is 13.8 Å². The predicted molar refractivity (Wildman–Crippen MR) is 73.7 cm³/mol. The van der Waals surface area contributed by atoms with E-state index in [1.807, 2.05) is 6.92 Å². The summed E-state index contributed by atoms with van der Waals surface area (Å²) in [5.74, 6) is -1.14. The van der Waals surface area contributed by atoms with Crippen molar-refractivity contribution in [2.75, 3.05) is 4.72 Å². The maximum Gasteiger partial charge on any atom is 0.345 e. The van der Waals surface area contributed by atoms with E-state index in [1.165, 1.54) is 11.3 Å². The Bertz CT molecular complexity index is 730. The normalized spacial score (nSPS) is 11.5. The second-order valence-corrected chi connectivity index (χ2v) is 7.86. The molecule has 2 rings (SSSR count). The first-order valence-corrected chi connectivity index (χ1v) is 8.20. The van der Waals surface area contributed by atoms with E-state index in [-0.39, 0.29) is 14.9 Å². The Labute approximate surface area is 117 Å². The Morgan fingerprint density at radius 1 is 1.37 bits per heavy atom. The number of aromatic nitrogens is 1. The van der Waals surface area contributed by atoms with Gasteiger partial charge in [-0.15, -0.1) is 22.7 Å². The molecule has 0 fully saturated rings. The molecule has 0 saturated carbocycles.